The van der Waals surface area contributed by atoms with Gasteiger partial charge in [0, 0.05) is 81.8 Å². The summed E-state index contributed by atoms with van der Waals surface area (Å²) in [5, 5.41) is 0. The summed E-state index contributed by atoms with van der Waals surface area (Å²) in [6, 6.07) is 60.7. The number of rotatable bonds is 11. The Hall–Kier alpha value is -8.15. The molecule has 0 saturated heterocycles. The highest BCUT2D eigenvalue weighted by Gasteiger charge is 2.11. The monoisotopic (exact) mass is 783 g/mol. The molecule has 61 heavy (non-hydrogen) atoms. The Bertz CT molecular complexity index is 3010. The molecule has 5 aromatic carbocycles. The molecule has 0 radical (unpaired) electrons. The molecule has 0 saturated carbocycles. The van der Waals surface area contributed by atoms with Crippen LogP contribution in [0.25, 0.3) is 78.3 Å². The van der Waals surface area contributed by atoms with E-state index >= 15 is 0 Å². The fourth-order valence-corrected chi connectivity index (χ4v) is 7.36. The Morgan fingerprint density at radius 1 is 0.410 bits per heavy atom. The van der Waals surface area contributed by atoms with Crippen molar-refractivity contribution in [2.24, 2.45) is 4.99 Å². The third-order valence-electron chi connectivity index (χ3n) is 10.7. The average molecular weight is 784 g/mol. The van der Waals surface area contributed by atoms with E-state index in [1.807, 2.05) is 67.3 Å². The van der Waals surface area contributed by atoms with Crippen LogP contribution in [-0.2, 0) is 0 Å². The number of pyridine rings is 4. The van der Waals surface area contributed by atoms with E-state index in [0.29, 0.717) is 0 Å². The van der Waals surface area contributed by atoms with Crippen LogP contribution >= 0.6 is 0 Å². The van der Waals surface area contributed by atoms with Gasteiger partial charge in [0.15, 0.2) is 0 Å². The summed E-state index contributed by atoms with van der Waals surface area (Å²) in [6.07, 6.45) is 13.2. The van der Waals surface area contributed by atoms with Crippen molar-refractivity contribution in [1.82, 2.24) is 19.9 Å². The van der Waals surface area contributed by atoms with Gasteiger partial charge in [-0.3, -0.25) is 24.9 Å². The van der Waals surface area contributed by atoms with Gasteiger partial charge in [0.05, 0.1) is 17.1 Å². The van der Waals surface area contributed by atoms with Crippen molar-refractivity contribution in [3.8, 4) is 67.0 Å². The third kappa shape index (κ3) is 8.97. The largest absolute Gasteiger partial charge is 0.264 e. The molecule has 0 N–H and O–H groups in total. The van der Waals surface area contributed by atoms with E-state index in [1.54, 1.807) is 12.4 Å². The molecule has 0 spiro atoms. The van der Waals surface area contributed by atoms with Gasteiger partial charge in [0.2, 0.25) is 0 Å². The van der Waals surface area contributed by atoms with Crippen molar-refractivity contribution < 1.29 is 0 Å². The van der Waals surface area contributed by atoms with Crippen molar-refractivity contribution >= 4 is 17.0 Å². The summed E-state index contributed by atoms with van der Waals surface area (Å²) < 4.78 is 0. The molecular formula is C56H41N5. The molecule has 5 heteroatoms. The summed E-state index contributed by atoms with van der Waals surface area (Å²) in [5.74, 6) is 0. The molecule has 9 rings (SSSR count). The SMILES string of the molecule is C=C(/C=C(\N=C(C)c1cccc(-c2cccc(-c3ccc(-c4cccnc4)cn3)c2)c1)c1cccc(-c2cccc(-c3ccc(-c4cccnc4)cn3)c2)c1)c1ccccc1. The van der Waals surface area contributed by atoms with Crippen LogP contribution in [0.5, 0.6) is 0 Å². The lowest BCUT2D eigenvalue weighted by molar-refractivity contribution is 1.30. The Morgan fingerprint density at radius 3 is 1.36 bits per heavy atom. The molecule has 0 aliphatic carbocycles. The molecule has 4 heterocycles. The number of nitrogens with zero attached hydrogens (tertiary/aromatic N) is 5. The number of benzene rings is 5. The van der Waals surface area contributed by atoms with Crippen LogP contribution < -0.4 is 0 Å². The van der Waals surface area contributed by atoms with Crippen molar-refractivity contribution in [2.45, 2.75) is 6.92 Å². The lowest BCUT2D eigenvalue weighted by atomic mass is 9.97. The second-order valence-electron chi connectivity index (χ2n) is 14.8. The first kappa shape index (κ1) is 38.4. The number of hydrogen-bond donors (Lipinski definition) is 0. The number of aromatic nitrogens is 4. The second kappa shape index (κ2) is 17.8. The molecule has 290 valence electrons. The summed E-state index contributed by atoms with van der Waals surface area (Å²) in [4.78, 5) is 23.5. The molecule has 0 amide bonds. The van der Waals surface area contributed by atoms with Crippen LogP contribution in [0.3, 0.4) is 0 Å². The van der Waals surface area contributed by atoms with Crippen LogP contribution in [0.4, 0.5) is 0 Å². The zero-order valence-electron chi connectivity index (χ0n) is 33.7. The van der Waals surface area contributed by atoms with Crippen LogP contribution in [0.2, 0.25) is 0 Å². The molecular weight excluding hydrogens is 743 g/mol. The quantitative estimate of drug-likeness (QED) is 0.0968. The van der Waals surface area contributed by atoms with Crippen LogP contribution in [0.1, 0.15) is 23.6 Å². The van der Waals surface area contributed by atoms with Crippen LogP contribution in [0.15, 0.2) is 231 Å². The summed E-state index contributed by atoms with van der Waals surface area (Å²) in [7, 11) is 0. The maximum Gasteiger partial charge on any atom is 0.0711 e. The first-order chi connectivity index (χ1) is 30.0. The normalized spacial score (nSPS) is 11.6. The molecule has 5 nitrogen and oxygen atoms in total. The van der Waals surface area contributed by atoms with Crippen molar-refractivity contribution in [3.63, 3.8) is 0 Å². The van der Waals surface area contributed by atoms with Gasteiger partial charge in [0.25, 0.3) is 0 Å². The molecule has 9 aromatic rings. The number of hydrogen-bond acceptors (Lipinski definition) is 5. The molecule has 0 aliphatic heterocycles. The van der Waals surface area contributed by atoms with E-state index in [0.717, 1.165) is 101 Å². The summed E-state index contributed by atoms with van der Waals surface area (Å²) in [6.45, 7) is 6.54. The molecule has 0 unspecified atom stereocenters. The molecule has 0 bridgehead atoms. The lowest BCUT2D eigenvalue weighted by Gasteiger charge is -2.12. The Kier molecular flexibility index (Phi) is 11.2. The fourth-order valence-electron chi connectivity index (χ4n) is 7.36. The Labute approximate surface area is 356 Å². The smallest absolute Gasteiger partial charge is 0.0711 e. The maximum atomic E-state index is 5.34. The predicted octanol–water partition coefficient (Wildman–Crippen LogP) is 13.8. The lowest BCUT2D eigenvalue weighted by Crippen LogP contribution is -1.97. The number of aliphatic imine (C=N–C) groups is 1. The van der Waals surface area contributed by atoms with Gasteiger partial charge in [-0.15, -0.1) is 0 Å². The Balaban J connectivity index is 1.02. The highest BCUT2D eigenvalue weighted by Crippen LogP contribution is 2.32. The maximum absolute atomic E-state index is 5.34. The van der Waals surface area contributed by atoms with Crippen molar-refractivity contribution in [1.29, 1.82) is 0 Å². The van der Waals surface area contributed by atoms with E-state index in [4.69, 9.17) is 15.0 Å². The van der Waals surface area contributed by atoms with Gasteiger partial charge < -0.3 is 0 Å². The first-order valence-corrected chi connectivity index (χ1v) is 20.2. The minimum Gasteiger partial charge on any atom is -0.264 e. The van der Waals surface area contributed by atoms with Gasteiger partial charge in [-0.25, -0.2) is 0 Å². The molecule has 0 fully saturated rings. The third-order valence-corrected chi connectivity index (χ3v) is 10.7. The van der Waals surface area contributed by atoms with Gasteiger partial charge in [0.1, 0.15) is 0 Å². The zero-order chi connectivity index (χ0) is 41.4. The van der Waals surface area contributed by atoms with Crippen molar-refractivity contribution in [3.05, 3.63) is 242 Å². The van der Waals surface area contributed by atoms with E-state index in [2.05, 4.69) is 163 Å². The summed E-state index contributed by atoms with van der Waals surface area (Å²) in [5.41, 5.74) is 18.1. The van der Waals surface area contributed by atoms with Crippen LogP contribution in [-0.4, -0.2) is 25.6 Å². The Morgan fingerprint density at radius 2 is 0.852 bits per heavy atom. The topological polar surface area (TPSA) is 63.9 Å². The minimum absolute atomic E-state index is 0.824. The van der Waals surface area contributed by atoms with Gasteiger partial charge in [-0.2, -0.15) is 0 Å². The fraction of sp³-hybridized carbons (Fsp3) is 0.0179. The first-order valence-electron chi connectivity index (χ1n) is 20.2. The average Bonchev–Trinajstić information content (AvgIpc) is 3.35. The van der Waals surface area contributed by atoms with E-state index in [1.165, 1.54) is 0 Å². The van der Waals surface area contributed by atoms with E-state index < -0.39 is 0 Å². The van der Waals surface area contributed by atoms with E-state index in [-0.39, 0.29) is 0 Å². The van der Waals surface area contributed by atoms with Gasteiger partial charge >= 0.3 is 0 Å². The second-order valence-corrected chi connectivity index (χ2v) is 14.8. The molecule has 0 atom stereocenters. The predicted molar refractivity (Wildman–Crippen MR) is 252 cm³/mol. The zero-order valence-corrected chi connectivity index (χ0v) is 33.7. The number of allylic oxidation sites excluding steroid dienone is 2. The molecule has 0 aliphatic rings. The van der Waals surface area contributed by atoms with E-state index in [9.17, 15) is 0 Å². The van der Waals surface area contributed by atoms with Crippen molar-refractivity contribution in [2.75, 3.05) is 0 Å². The highest BCUT2D eigenvalue weighted by atomic mass is 14.8. The highest BCUT2D eigenvalue weighted by molar-refractivity contribution is 6.03. The summed E-state index contributed by atoms with van der Waals surface area (Å²) >= 11 is 0. The van der Waals surface area contributed by atoms with Gasteiger partial charge in [-0.1, -0.05) is 134 Å². The molecule has 4 aromatic heterocycles. The van der Waals surface area contributed by atoms with Crippen LogP contribution in [0, 0.1) is 0 Å². The van der Waals surface area contributed by atoms with Gasteiger partial charge in [-0.05, 0) is 100 Å². The standard InChI is InChI=1S/C56H41N5/c1-39(41-12-4-3-5-13-41)30-56(49-21-9-18-46(34-49)45-17-8-20-48(33-45)55-27-25-53(38-60-55)51-23-11-29-58-36-51)61-40(2)42-14-6-15-43(31-42)44-16-7-19-47(32-44)54-26-24-52(37-59-54)50-22-10-28-57-35-50/h3-38H,1H2,2H3/b56-30-,61-40?. The minimum atomic E-state index is 0.824.